The van der Waals surface area contributed by atoms with Gasteiger partial charge in [-0.3, -0.25) is 19.3 Å². The summed E-state index contributed by atoms with van der Waals surface area (Å²) in [4.78, 5) is 37.5. The van der Waals surface area contributed by atoms with Crippen molar-refractivity contribution in [2.75, 3.05) is 12.4 Å². The first-order valence-electron chi connectivity index (χ1n) is 8.24. The number of sulfone groups is 1. The topological polar surface area (TPSA) is 101 Å². The molecule has 3 rings (SSSR count). The summed E-state index contributed by atoms with van der Waals surface area (Å²) in [5.74, 6) is -1.25. The Morgan fingerprint density at radius 2 is 1.56 bits per heavy atom. The Bertz CT molecular complexity index is 1060. The summed E-state index contributed by atoms with van der Waals surface area (Å²) >= 11 is 0. The summed E-state index contributed by atoms with van der Waals surface area (Å²) < 4.78 is 24.3. The first kappa shape index (κ1) is 18.8. The first-order chi connectivity index (χ1) is 12.6. The Morgan fingerprint density at radius 3 is 2.15 bits per heavy atom. The normalized spacial score (nSPS) is 13.9. The number of hydrogen-bond acceptors (Lipinski definition) is 5. The number of rotatable bonds is 4. The van der Waals surface area contributed by atoms with Crippen LogP contribution in [0.5, 0.6) is 0 Å². The van der Waals surface area contributed by atoms with Crippen LogP contribution in [0.1, 0.15) is 44.9 Å². The molecular formula is C19H18N2O5S. The molecule has 1 aliphatic rings. The summed E-state index contributed by atoms with van der Waals surface area (Å²) in [6.45, 7) is 3.18. The van der Waals surface area contributed by atoms with E-state index in [9.17, 15) is 22.8 Å². The molecule has 0 saturated heterocycles. The van der Waals surface area contributed by atoms with Gasteiger partial charge >= 0.3 is 0 Å². The fraction of sp³-hybridized carbons (Fsp3) is 0.211. The lowest BCUT2D eigenvalue weighted by Gasteiger charge is -2.09. The van der Waals surface area contributed by atoms with Crippen molar-refractivity contribution >= 4 is 33.2 Å². The third-order valence-corrected chi connectivity index (χ3v) is 6.58. The number of benzene rings is 2. The number of nitrogens with zero attached hydrogens (tertiary/aromatic N) is 1. The van der Waals surface area contributed by atoms with Gasteiger partial charge in [0.2, 0.25) is 0 Å². The molecule has 0 saturated carbocycles. The molecule has 0 atom stereocenters. The molecule has 1 N–H and O–H groups in total. The Labute approximate surface area is 156 Å². The van der Waals surface area contributed by atoms with E-state index in [4.69, 9.17) is 0 Å². The van der Waals surface area contributed by atoms with Crippen molar-refractivity contribution in [2.24, 2.45) is 0 Å². The quantitative estimate of drug-likeness (QED) is 0.813. The number of carbonyl (C=O) groups is 3. The highest BCUT2D eigenvalue weighted by Crippen LogP contribution is 2.25. The minimum atomic E-state index is -3.41. The van der Waals surface area contributed by atoms with Gasteiger partial charge in [0.25, 0.3) is 17.7 Å². The number of carbonyl (C=O) groups excluding carboxylic acids is 3. The molecule has 0 aromatic heterocycles. The van der Waals surface area contributed by atoms with Crippen LogP contribution in [0.15, 0.2) is 47.4 Å². The van der Waals surface area contributed by atoms with E-state index in [2.05, 4.69) is 5.32 Å². The van der Waals surface area contributed by atoms with Crippen molar-refractivity contribution in [2.45, 2.75) is 24.0 Å². The zero-order valence-corrected chi connectivity index (χ0v) is 15.8. The van der Waals surface area contributed by atoms with E-state index in [-0.39, 0.29) is 21.9 Å². The fourth-order valence-corrected chi connectivity index (χ4v) is 3.77. The van der Waals surface area contributed by atoms with Crippen LogP contribution in [0.25, 0.3) is 0 Å². The van der Waals surface area contributed by atoms with Crippen LogP contribution in [0, 0.1) is 0 Å². The molecule has 0 aliphatic carbocycles. The Kier molecular flexibility index (Phi) is 4.61. The smallest absolute Gasteiger partial charge is 0.261 e. The van der Waals surface area contributed by atoms with Crippen molar-refractivity contribution in [3.05, 3.63) is 59.2 Å². The molecule has 0 radical (unpaired) electrons. The van der Waals surface area contributed by atoms with Crippen LogP contribution < -0.4 is 5.32 Å². The summed E-state index contributed by atoms with van der Waals surface area (Å²) in [5, 5.41) is 2.09. The highest BCUT2D eigenvalue weighted by Gasteiger charge is 2.32. The van der Waals surface area contributed by atoms with Crippen molar-refractivity contribution in [1.29, 1.82) is 0 Å². The van der Waals surface area contributed by atoms with Crippen LogP contribution in [-0.2, 0) is 9.84 Å². The molecule has 0 spiro atoms. The molecule has 27 heavy (non-hydrogen) atoms. The van der Waals surface area contributed by atoms with E-state index >= 15 is 0 Å². The second-order valence-electron chi connectivity index (χ2n) is 6.50. The predicted octanol–water partition coefficient (Wildman–Crippen LogP) is 2.35. The van der Waals surface area contributed by atoms with Gasteiger partial charge < -0.3 is 5.32 Å². The monoisotopic (exact) mass is 386 g/mol. The van der Waals surface area contributed by atoms with Crippen LogP contribution in [-0.4, -0.2) is 43.3 Å². The second kappa shape index (κ2) is 6.62. The molecule has 8 heteroatoms. The van der Waals surface area contributed by atoms with E-state index in [1.54, 1.807) is 19.9 Å². The number of amides is 3. The maximum atomic E-state index is 12.4. The van der Waals surface area contributed by atoms with E-state index in [1.165, 1.54) is 43.4 Å². The van der Waals surface area contributed by atoms with E-state index < -0.39 is 26.9 Å². The summed E-state index contributed by atoms with van der Waals surface area (Å²) in [7, 11) is -2.01. The number of hydrogen-bond donors (Lipinski definition) is 1. The molecular weight excluding hydrogens is 368 g/mol. The maximum Gasteiger partial charge on any atom is 0.261 e. The van der Waals surface area contributed by atoms with Gasteiger partial charge in [0, 0.05) is 18.3 Å². The van der Waals surface area contributed by atoms with Crippen molar-refractivity contribution in [3.8, 4) is 0 Å². The summed E-state index contributed by atoms with van der Waals surface area (Å²) in [5.41, 5.74) is 1.18. The summed E-state index contributed by atoms with van der Waals surface area (Å²) in [6, 6.07) is 10.1. The molecule has 0 bridgehead atoms. The van der Waals surface area contributed by atoms with Crippen molar-refractivity contribution in [1.82, 2.24) is 4.90 Å². The van der Waals surface area contributed by atoms with Crippen LogP contribution in [0.4, 0.5) is 5.69 Å². The van der Waals surface area contributed by atoms with Crippen LogP contribution in [0.3, 0.4) is 0 Å². The van der Waals surface area contributed by atoms with Gasteiger partial charge in [0.05, 0.1) is 21.3 Å². The Hall–Kier alpha value is -3.00. The average molecular weight is 386 g/mol. The zero-order valence-electron chi connectivity index (χ0n) is 15.0. The highest BCUT2D eigenvalue weighted by molar-refractivity contribution is 7.92. The zero-order chi connectivity index (χ0) is 19.9. The van der Waals surface area contributed by atoms with Gasteiger partial charge in [-0.25, -0.2) is 8.42 Å². The standard InChI is InChI=1S/C19H18N2O5S/c1-11(2)27(25,26)14-7-4-12(5-8-14)17(22)20-13-6-9-15-16(10-13)19(24)21(3)18(15)23/h4-11H,1-3H3,(H,20,22). The molecule has 2 aromatic rings. The lowest BCUT2D eigenvalue weighted by atomic mass is 10.1. The van der Waals surface area contributed by atoms with Gasteiger partial charge in [-0.05, 0) is 56.3 Å². The van der Waals surface area contributed by atoms with Crippen molar-refractivity contribution in [3.63, 3.8) is 0 Å². The third kappa shape index (κ3) is 3.23. The Morgan fingerprint density at radius 1 is 0.963 bits per heavy atom. The number of imide groups is 1. The van der Waals surface area contributed by atoms with Gasteiger partial charge in [0.15, 0.2) is 9.84 Å². The van der Waals surface area contributed by atoms with Crippen LogP contribution in [0.2, 0.25) is 0 Å². The van der Waals surface area contributed by atoms with E-state index in [0.717, 1.165) is 4.90 Å². The highest BCUT2D eigenvalue weighted by atomic mass is 32.2. The SMILES string of the molecule is CC(C)S(=O)(=O)c1ccc(C(=O)Nc2ccc3c(c2)C(=O)N(C)C3=O)cc1. The lowest BCUT2D eigenvalue weighted by Crippen LogP contribution is -2.24. The molecule has 0 unspecified atom stereocenters. The molecule has 7 nitrogen and oxygen atoms in total. The van der Waals surface area contributed by atoms with E-state index in [1.807, 2.05) is 0 Å². The molecule has 2 aromatic carbocycles. The third-order valence-electron chi connectivity index (χ3n) is 4.41. The molecule has 3 amide bonds. The molecule has 0 fully saturated rings. The molecule has 1 aliphatic heterocycles. The van der Waals surface area contributed by atoms with Gasteiger partial charge in [-0.1, -0.05) is 0 Å². The van der Waals surface area contributed by atoms with Crippen molar-refractivity contribution < 1.29 is 22.8 Å². The van der Waals surface area contributed by atoms with Crippen LogP contribution >= 0.6 is 0 Å². The minimum absolute atomic E-state index is 0.152. The maximum absolute atomic E-state index is 12.4. The molecule has 1 heterocycles. The number of anilines is 1. The Balaban J connectivity index is 1.81. The van der Waals surface area contributed by atoms with Gasteiger partial charge in [-0.2, -0.15) is 0 Å². The second-order valence-corrected chi connectivity index (χ2v) is 9.01. The number of fused-ring (bicyclic) bond motifs is 1. The fourth-order valence-electron chi connectivity index (χ4n) is 2.71. The number of nitrogens with one attached hydrogen (secondary N) is 1. The lowest BCUT2D eigenvalue weighted by molar-refractivity contribution is 0.0692. The van der Waals surface area contributed by atoms with Gasteiger partial charge in [-0.15, -0.1) is 0 Å². The van der Waals surface area contributed by atoms with E-state index in [0.29, 0.717) is 11.3 Å². The minimum Gasteiger partial charge on any atom is -0.322 e. The average Bonchev–Trinajstić information content (AvgIpc) is 2.85. The summed E-state index contributed by atoms with van der Waals surface area (Å²) in [6.07, 6.45) is 0. The first-order valence-corrected chi connectivity index (χ1v) is 9.79. The molecule has 140 valence electrons. The predicted molar refractivity (Wildman–Crippen MR) is 99.6 cm³/mol. The largest absolute Gasteiger partial charge is 0.322 e. The van der Waals surface area contributed by atoms with Gasteiger partial charge in [0.1, 0.15) is 0 Å².